The highest BCUT2D eigenvalue weighted by atomic mass is 16.2. The summed E-state index contributed by atoms with van der Waals surface area (Å²) in [6, 6.07) is 17.4. The summed E-state index contributed by atoms with van der Waals surface area (Å²) < 4.78 is 0. The summed E-state index contributed by atoms with van der Waals surface area (Å²) in [5.41, 5.74) is 5.37. The summed E-state index contributed by atoms with van der Waals surface area (Å²) in [4.78, 5) is 20.8. The number of nitrogens with zero attached hydrogens (tertiary/aromatic N) is 3. The zero-order valence-electron chi connectivity index (χ0n) is 20.6. The van der Waals surface area contributed by atoms with Gasteiger partial charge in [-0.15, -0.1) is 0 Å². The number of rotatable bonds is 8. The van der Waals surface area contributed by atoms with Crippen molar-refractivity contribution in [2.75, 3.05) is 40.3 Å². The van der Waals surface area contributed by atoms with Gasteiger partial charge in [-0.05, 0) is 55.4 Å². The van der Waals surface area contributed by atoms with Gasteiger partial charge in [0.15, 0.2) is 5.96 Å². The van der Waals surface area contributed by atoms with E-state index in [1.165, 1.54) is 22.3 Å². The van der Waals surface area contributed by atoms with Gasteiger partial charge in [0, 0.05) is 46.3 Å². The molecule has 1 amide bonds. The number of guanidine groups is 1. The first-order valence-electron chi connectivity index (χ1n) is 12.0. The van der Waals surface area contributed by atoms with Gasteiger partial charge >= 0.3 is 0 Å². The predicted molar refractivity (Wildman–Crippen MR) is 136 cm³/mol. The van der Waals surface area contributed by atoms with Crippen molar-refractivity contribution in [2.24, 2.45) is 4.99 Å². The molecule has 0 unspecified atom stereocenters. The third-order valence-electron chi connectivity index (χ3n) is 6.36. The van der Waals surface area contributed by atoms with Crippen LogP contribution in [0.25, 0.3) is 0 Å². The van der Waals surface area contributed by atoms with E-state index in [0.29, 0.717) is 6.04 Å². The first kappa shape index (κ1) is 24.8. The van der Waals surface area contributed by atoms with Crippen LogP contribution < -0.4 is 10.6 Å². The largest absolute Gasteiger partial charge is 0.356 e. The number of piperidine rings is 1. The molecule has 33 heavy (non-hydrogen) atoms. The number of aryl methyl sites for hydroxylation is 2. The van der Waals surface area contributed by atoms with Crippen LogP contribution in [-0.2, 0) is 17.8 Å². The van der Waals surface area contributed by atoms with Crippen LogP contribution in [0, 0.1) is 13.8 Å². The van der Waals surface area contributed by atoms with Crippen molar-refractivity contribution in [1.29, 1.82) is 0 Å². The van der Waals surface area contributed by atoms with Crippen LogP contribution in [0.1, 0.15) is 35.1 Å². The topological polar surface area (TPSA) is 60.0 Å². The summed E-state index contributed by atoms with van der Waals surface area (Å²) >= 11 is 0. The minimum atomic E-state index is 0.00327. The van der Waals surface area contributed by atoms with Crippen LogP contribution in [-0.4, -0.2) is 68.0 Å². The average molecular weight is 450 g/mol. The van der Waals surface area contributed by atoms with E-state index in [-0.39, 0.29) is 12.5 Å². The smallest absolute Gasteiger partial charge is 0.243 e. The molecule has 1 saturated heterocycles. The maximum absolute atomic E-state index is 12.1. The van der Waals surface area contributed by atoms with E-state index in [4.69, 9.17) is 0 Å². The van der Waals surface area contributed by atoms with Crippen LogP contribution in [0.4, 0.5) is 0 Å². The standard InChI is InChI=1S/C27H39N5O/c1-21-9-8-10-22(2)25(21)13-16-28-27(29-19-26(33)31(3)4)30-24-14-17-32(18-15-24)20-23-11-6-5-7-12-23/h5-12,24H,13-20H2,1-4H3,(H2,28,29,30). The molecule has 0 saturated carbocycles. The highest BCUT2D eigenvalue weighted by Gasteiger charge is 2.20. The fourth-order valence-corrected chi connectivity index (χ4v) is 4.26. The van der Waals surface area contributed by atoms with Crippen molar-refractivity contribution in [3.8, 4) is 0 Å². The van der Waals surface area contributed by atoms with Gasteiger partial charge < -0.3 is 15.5 Å². The first-order chi connectivity index (χ1) is 15.9. The Balaban J connectivity index is 1.54. The third kappa shape index (κ3) is 7.90. The maximum atomic E-state index is 12.1. The van der Waals surface area contributed by atoms with Crippen LogP contribution in [0.15, 0.2) is 53.5 Å². The number of carbonyl (C=O) groups is 1. The second kappa shape index (κ2) is 12.4. The van der Waals surface area contributed by atoms with Gasteiger partial charge in [0.05, 0.1) is 0 Å². The Bertz CT molecular complexity index is 897. The molecule has 1 aliphatic heterocycles. The molecular weight excluding hydrogens is 410 g/mol. The fourth-order valence-electron chi connectivity index (χ4n) is 4.26. The molecule has 6 nitrogen and oxygen atoms in total. The van der Waals surface area contributed by atoms with Gasteiger partial charge in [-0.1, -0.05) is 48.5 Å². The lowest BCUT2D eigenvalue weighted by Crippen LogP contribution is -2.49. The molecular formula is C27H39N5O. The number of likely N-dealkylation sites (tertiary alicyclic amines) is 1. The van der Waals surface area contributed by atoms with Gasteiger partial charge in [-0.3, -0.25) is 9.69 Å². The van der Waals surface area contributed by atoms with Gasteiger partial charge in [-0.2, -0.15) is 0 Å². The summed E-state index contributed by atoms with van der Waals surface area (Å²) in [7, 11) is 3.53. The number of likely N-dealkylation sites (N-methyl/N-ethyl adjacent to an activating group) is 1. The molecule has 178 valence electrons. The molecule has 2 aromatic rings. The fraction of sp³-hybridized carbons (Fsp3) is 0.481. The molecule has 2 aromatic carbocycles. The van der Waals surface area contributed by atoms with Crippen LogP contribution >= 0.6 is 0 Å². The summed E-state index contributed by atoms with van der Waals surface area (Å²) in [6.45, 7) is 8.36. The minimum absolute atomic E-state index is 0.00327. The average Bonchev–Trinajstić information content (AvgIpc) is 2.80. The Morgan fingerprint density at radius 3 is 2.33 bits per heavy atom. The number of benzene rings is 2. The van der Waals surface area contributed by atoms with E-state index in [1.807, 2.05) is 0 Å². The molecule has 0 bridgehead atoms. The SMILES string of the molecule is Cc1cccc(C)c1CCNC(=NCC(=O)N(C)C)NC1CCN(Cc2ccccc2)CC1. The first-order valence-corrected chi connectivity index (χ1v) is 12.0. The number of hydrogen-bond donors (Lipinski definition) is 2. The molecule has 0 spiro atoms. The van der Waals surface area contributed by atoms with Crippen LogP contribution in [0.5, 0.6) is 0 Å². The molecule has 0 radical (unpaired) electrons. The summed E-state index contributed by atoms with van der Waals surface area (Å²) in [6.07, 6.45) is 3.05. The van der Waals surface area contributed by atoms with E-state index in [1.54, 1.807) is 19.0 Å². The number of carbonyl (C=O) groups excluding carboxylic acids is 1. The number of hydrogen-bond acceptors (Lipinski definition) is 3. The lowest BCUT2D eigenvalue weighted by Gasteiger charge is -2.33. The summed E-state index contributed by atoms with van der Waals surface area (Å²) in [5.74, 6) is 0.737. The molecule has 3 rings (SSSR count). The Labute approximate surface area is 199 Å². The van der Waals surface area contributed by atoms with Crippen molar-refractivity contribution < 1.29 is 4.79 Å². The van der Waals surface area contributed by atoms with E-state index in [9.17, 15) is 4.79 Å². The minimum Gasteiger partial charge on any atom is -0.356 e. The van der Waals surface area contributed by atoms with Gasteiger partial charge in [0.1, 0.15) is 6.54 Å². The lowest BCUT2D eigenvalue weighted by atomic mass is 10.0. The zero-order valence-corrected chi connectivity index (χ0v) is 20.6. The Morgan fingerprint density at radius 1 is 1.03 bits per heavy atom. The molecule has 1 aliphatic rings. The molecule has 0 atom stereocenters. The zero-order chi connectivity index (χ0) is 23.6. The van der Waals surface area contributed by atoms with E-state index >= 15 is 0 Å². The summed E-state index contributed by atoms with van der Waals surface area (Å²) in [5, 5.41) is 7.06. The molecule has 0 aliphatic carbocycles. The van der Waals surface area contributed by atoms with E-state index in [0.717, 1.165) is 51.4 Å². The molecule has 6 heteroatoms. The third-order valence-corrected chi connectivity index (χ3v) is 6.36. The highest BCUT2D eigenvalue weighted by molar-refractivity contribution is 5.85. The van der Waals surface area contributed by atoms with Gasteiger partial charge in [0.25, 0.3) is 0 Å². The van der Waals surface area contributed by atoms with Crippen molar-refractivity contribution >= 4 is 11.9 Å². The van der Waals surface area contributed by atoms with Crippen molar-refractivity contribution in [2.45, 2.75) is 45.7 Å². The molecule has 1 heterocycles. The van der Waals surface area contributed by atoms with Gasteiger partial charge in [-0.25, -0.2) is 4.99 Å². The maximum Gasteiger partial charge on any atom is 0.243 e. The monoisotopic (exact) mass is 449 g/mol. The number of amides is 1. The second-order valence-electron chi connectivity index (χ2n) is 9.18. The Morgan fingerprint density at radius 2 is 1.70 bits per heavy atom. The van der Waals surface area contributed by atoms with Crippen molar-refractivity contribution in [3.63, 3.8) is 0 Å². The van der Waals surface area contributed by atoms with Gasteiger partial charge in [0.2, 0.25) is 5.91 Å². The highest BCUT2D eigenvalue weighted by Crippen LogP contribution is 2.15. The quantitative estimate of drug-likeness (QED) is 0.480. The lowest BCUT2D eigenvalue weighted by molar-refractivity contribution is -0.127. The van der Waals surface area contributed by atoms with Crippen molar-refractivity contribution in [1.82, 2.24) is 20.4 Å². The number of aliphatic imine (C=N–C) groups is 1. The van der Waals surface area contributed by atoms with Crippen LogP contribution in [0.3, 0.4) is 0 Å². The predicted octanol–water partition coefficient (Wildman–Crippen LogP) is 3.13. The molecule has 2 N–H and O–H groups in total. The van der Waals surface area contributed by atoms with E-state index in [2.05, 4.69) is 82.9 Å². The Hall–Kier alpha value is -2.86. The molecule has 0 aromatic heterocycles. The van der Waals surface area contributed by atoms with Crippen molar-refractivity contribution in [3.05, 3.63) is 70.8 Å². The molecule has 1 fully saturated rings. The van der Waals surface area contributed by atoms with E-state index < -0.39 is 0 Å². The normalized spacial score (nSPS) is 15.3. The second-order valence-corrected chi connectivity index (χ2v) is 9.18. The number of nitrogens with one attached hydrogen (secondary N) is 2. The Kier molecular flexibility index (Phi) is 9.31. The van der Waals surface area contributed by atoms with Crippen LogP contribution in [0.2, 0.25) is 0 Å².